The Hall–Kier alpha value is -3.98. The van der Waals surface area contributed by atoms with Gasteiger partial charge in [-0.05, 0) is 29.8 Å². The summed E-state index contributed by atoms with van der Waals surface area (Å²) in [6, 6.07) is 23.0. The van der Waals surface area contributed by atoms with E-state index in [0.29, 0.717) is 17.8 Å². The average molecular weight is 370 g/mol. The lowest BCUT2D eigenvalue weighted by molar-refractivity contribution is 0.0779. The zero-order chi connectivity index (χ0) is 19.9. The zero-order valence-electron chi connectivity index (χ0n) is 15.3. The summed E-state index contributed by atoms with van der Waals surface area (Å²) in [5, 5.41) is 11.8. The number of nitrogens with zero attached hydrogens (tertiary/aromatic N) is 3. The van der Waals surface area contributed by atoms with Gasteiger partial charge in [-0.2, -0.15) is 5.26 Å². The fraction of sp³-hybridized carbons (Fsp3) is 0.0909. The van der Waals surface area contributed by atoms with Gasteiger partial charge >= 0.3 is 0 Å². The summed E-state index contributed by atoms with van der Waals surface area (Å²) in [7, 11) is 1.69. The lowest BCUT2D eigenvalue weighted by Gasteiger charge is -2.17. The number of pyridine rings is 1. The molecule has 0 fully saturated rings. The van der Waals surface area contributed by atoms with Crippen LogP contribution in [0, 0.1) is 11.3 Å². The quantitative estimate of drug-likeness (QED) is 0.745. The zero-order valence-corrected chi connectivity index (χ0v) is 15.3. The number of hydrogen-bond donors (Lipinski definition) is 1. The molecule has 3 aromatic rings. The Kier molecular flexibility index (Phi) is 5.78. The summed E-state index contributed by atoms with van der Waals surface area (Å²) < 4.78 is 0. The van der Waals surface area contributed by atoms with Gasteiger partial charge in [-0.3, -0.25) is 9.59 Å². The smallest absolute Gasteiger partial charge is 0.274 e. The summed E-state index contributed by atoms with van der Waals surface area (Å²) in [5.41, 5.74) is 2.03. The lowest BCUT2D eigenvalue weighted by atomic mass is 10.2. The maximum atomic E-state index is 12.7. The second-order valence-corrected chi connectivity index (χ2v) is 6.17. The number of nitrogens with one attached hydrogen (secondary N) is 1. The molecular weight excluding hydrogens is 352 g/mol. The van der Waals surface area contributed by atoms with E-state index in [1.807, 2.05) is 36.4 Å². The molecule has 2 aromatic carbocycles. The molecule has 1 aromatic heterocycles. The maximum absolute atomic E-state index is 12.7. The van der Waals surface area contributed by atoms with E-state index in [1.54, 1.807) is 48.3 Å². The van der Waals surface area contributed by atoms with Gasteiger partial charge in [0.1, 0.15) is 17.5 Å². The highest BCUT2D eigenvalue weighted by molar-refractivity contribution is 6.04. The molecule has 138 valence electrons. The highest BCUT2D eigenvalue weighted by Crippen LogP contribution is 2.15. The first kappa shape index (κ1) is 18.8. The predicted molar refractivity (Wildman–Crippen MR) is 106 cm³/mol. The van der Waals surface area contributed by atoms with E-state index in [-0.39, 0.29) is 17.3 Å². The van der Waals surface area contributed by atoms with Crippen LogP contribution in [0.3, 0.4) is 0 Å². The van der Waals surface area contributed by atoms with Crippen LogP contribution < -0.4 is 5.32 Å². The number of carbonyl (C=O) groups excluding carboxylic acids is 2. The van der Waals surface area contributed by atoms with E-state index in [2.05, 4.69) is 10.3 Å². The molecule has 6 nitrogen and oxygen atoms in total. The molecule has 0 spiro atoms. The van der Waals surface area contributed by atoms with Crippen LogP contribution in [0.1, 0.15) is 32.1 Å². The Bertz CT molecular complexity index is 1040. The minimum absolute atomic E-state index is 0.103. The first-order valence-corrected chi connectivity index (χ1v) is 8.65. The van der Waals surface area contributed by atoms with Crippen molar-refractivity contribution in [1.82, 2.24) is 9.88 Å². The molecule has 0 aliphatic heterocycles. The number of rotatable bonds is 5. The van der Waals surface area contributed by atoms with Crippen molar-refractivity contribution in [2.45, 2.75) is 6.54 Å². The SMILES string of the molecule is CN(Cc1ccccc1)C(=O)c1cccc(C(=O)Nc2ccccc2C#N)n1. The first-order chi connectivity index (χ1) is 13.6. The standard InChI is InChI=1S/C22H18N4O2/c1-26(15-16-8-3-2-4-9-16)22(28)20-13-7-12-19(24-20)21(27)25-18-11-6-5-10-17(18)14-23/h2-13H,15H2,1H3,(H,25,27). The van der Waals surface area contributed by atoms with Crippen LogP contribution in [0.5, 0.6) is 0 Å². The first-order valence-electron chi connectivity index (χ1n) is 8.65. The molecular formula is C22H18N4O2. The van der Waals surface area contributed by atoms with Crippen molar-refractivity contribution in [1.29, 1.82) is 5.26 Å². The number of para-hydroxylation sites is 1. The van der Waals surface area contributed by atoms with Gasteiger partial charge in [-0.25, -0.2) is 4.98 Å². The molecule has 0 aliphatic rings. The Morgan fingerprint density at radius 2 is 1.64 bits per heavy atom. The van der Waals surface area contributed by atoms with Crippen molar-refractivity contribution in [2.75, 3.05) is 12.4 Å². The molecule has 0 saturated carbocycles. The van der Waals surface area contributed by atoms with Crippen LogP contribution in [0.25, 0.3) is 0 Å². The number of hydrogen-bond acceptors (Lipinski definition) is 4. The summed E-state index contributed by atoms with van der Waals surface area (Å²) in [4.78, 5) is 30.9. The van der Waals surface area contributed by atoms with E-state index < -0.39 is 5.91 Å². The molecule has 1 heterocycles. The second-order valence-electron chi connectivity index (χ2n) is 6.17. The highest BCUT2D eigenvalue weighted by atomic mass is 16.2. The lowest BCUT2D eigenvalue weighted by Crippen LogP contribution is -2.27. The van der Waals surface area contributed by atoms with E-state index in [9.17, 15) is 9.59 Å². The van der Waals surface area contributed by atoms with Gasteiger partial charge in [0.2, 0.25) is 0 Å². The Labute approximate surface area is 163 Å². The largest absolute Gasteiger partial charge is 0.336 e. The molecule has 1 N–H and O–H groups in total. The van der Waals surface area contributed by atoms with Gasteiger partial charge in [0.15, 0.2) is 0 Å². The third-order valence-corrected chi connectivity index (χ3v) is 4.11. The Morgan fingerprint density at radius 1 is 0.964 bits per heavy atom. The third-order valence-electron chi connectivity index (χ3n) is 4.11. The van der Waals surface area contributed by atoms with Crippen LogP contribution in [-0.2, 0) is 6.54 Å². The number of anilines is 1. The number of amides is 2. The van der Waals surface area contributed by atoms with Crippen LogP contribution in [0.15, 0.2) is 72.8 Å². The summed E-state index contributed by atoms with van der Waals surface area (Å²) >= 11 is 0. The molecule has 0 unspecified atom stereocenters. The minimum Gasteiger partial charge on any atom is -0.336 e. The topological polar surface area (TPSA) is 86.1 Å². The molecule has 3 rings (SSSR count). The van der Waals surface area contributed by atoms with Crippen molar-refractivity contribution in [3.05, 3.63) is 95.3 Å². The van der Waals surface area contributed by atoms with Gasteiger partial charge in [-0.1, -0.05) is 48.5 Å². The van der Waals surface area contributed by atoms with E-state index in [4.69, 9.17) is 5.26 Å². The van der Waals surface area contributed by atoms with Crippen molar-refractivity contribution < 1.29 is 9.59 Å². The predicted octanol–water partition coefficient (Wildman–Crippen LogP) is 3.48. The van der Waals surface area contributed by atoms with Crippen molar-refractivity contribution in [2.24, 2.45) is 0 Å². The molecule has 0 atom stereocenters. The molecule has 2 amide bonds. The van der Waals surface area contributed by atoms with E-state index >= 15 is 0 Å². The third kappa shape index (κ3) is 4.40. The van der Waals surface area contributed by atoms with E-state index in [1.165, 1.54) is 6.07 Å². The van der Waals surface area contributed by atoms with Gasteiger partial charge in [0.05, 0.1) is 11.3 Å². The van der Waals surface area contributed by atoms with Crippen molar-refractivity contribution in [3.63, 3.8) is 0 Å². The van der Waals surface area contributed by atoms with Crippen LogP contribution in [0.4, 0.5) is 5.69 Å². The number of aromatic nitrogens is 1. The monoisotopic (exact) mass is 370 g/mol. The molecule has 0 bridgehead atoms. The van der Waals surface area contributed by atoms with E-state index in [0.717, 1.165) is 5.56 Å². The van der Waals surface area contributed by atoms with Crippen LogP contribution in [-0.4, -0.2) is 28.7 Å². The minimum atomic E-state index is -0.483. The Morgan fingerprint density at radius 3 is 2.39 bits per heavy atom. The van der Waals surface area contributed by atoms with Gasteiger partial charge in [-0.15, -0.1) is 0 Å². The number of benzene rings is 2. The fourth-order valence-electron chi connectivity index (χ4n) is 2.68. The average Bonchev–Trinajstić information content (AvgIpc) is 2.74. The maximum Gasteiger partial charge on any atom is 0.274 e. The van der Waals surface area contributed by atoms with Crippen molar-refractivity contribution >= 4 is 17.5 Å². The van der Waals surface area contributed by atoms with Gasteiger partial charge in [0.25, 0.3) is 11.8 Å². The second kappa shape index (κ2) is 8.60. The summed E-state index contributed by atoms with van der Waals surface area (Å²) in [6.45, 7) is 0.438. The Balaban J connectivity index is 1.75. The number of nitriles is 1. The van der Waals surface area contributed by atoms with Gasteiger partial charge < -0.3 is 10.2 Å². The molecule has 6 heteroatoms. The molecule has 28 heavy (non-hydrogen) atoms. The summed E-state index contributed by atoms with van der Waals surface area (Å²) in [5.74, 6) is -0.765. The fourth-order valence-corrected chi connectivity index (χ4v) is 2.68. The van der Waals surface area contributed by atoms with Crippen LogP contribution in [0.2, 0.25) is 0 Å². The summed E-state index contributed by atoms with van der Waals surface area (Å²) in [6.07, 6.45) is 0. The molecule has 0 radical (unpaired) electrons. The molecule has 0 aliphatic carbocycles. The number of carbonyl (C=O) groups is 2. The normalized spacial score (nSPS) is 10.0. The highest BCUT2D eigenvalue weighted by Gasteiger charge is 2.17. The van der Waals surface area contributed by atoms with Gasteiger partial charge in [0, 0.05) is 13.6 Å². The molecule has 0 saturated heterocycles. The van der Waals surface area contributed by atoms with Crippen LogP contribution >= 0.6 is 0 Å². The van der Waals surface area contributed by atoms with Crippen molar-refractivity contribution in [3.8, 4) is 6.07 Å².